The highest BCUT2D eigenvalue weighted by Crippen LogP contribution is 2.11. The molecule has 0 fully saturated rings. The van der Waals surface area contributed by atoms with Gasteiger partial charge in [0.1, 0.15) is 6.54 Å². The molecule has 1 rings (SSSR count). The van der Waals surface area contributed by atoms with Crippen LogP contribution in [0.25, 0.3) is 0 Å². The summed E-state index contributed by atoms with van der Waals surface area (Å²) in [6.07, 6.45) is 0.844. The van der Waals surface area contributed by atoms with Crippen LogP contribution in [-0.4, -0.2) is 45.7 Å². The summed E-state index contributed by atoms with van der Waals surface area (Å²) in [4.78, 5) is 26.6. The van der Waals surface area contributed by atoms with Crippen molar-refractivity contribution in [3.8, 4) is 0 Å². The standard InChI is InChI=1S/C17H28N4O2/c1-5-11-18-17(23)19-16(22)13-21(6-2)12-14-7-9-15(10-8-14)20(3)4/h7-10H,5-6,11-13H2,1-4H3,(H2,18,19,22,23)/p+1. The molecule has 23 heavy (non-hydrogen) atoms. The predicted molar refractivity (Wildman–Crippen MR) is 92.7 cm³/mol. The summed E-state index contributed by atoms with van der Waals surface area (Å²) in [5.41, 5.74) is 2.33. The average molecular weight is 321 g/mol. The van der Waals surface area contributed by atoms with Gasteiger partial charge in [-0.05, 0) is 25.5 Å². The molecule has 1 unspecified atom stereocenters. The van der Waals surface area contributed by atoms with Crippen LogP contribution in [0, 0.1) is 0 Å². The quantitative estimate of drug-likeness (QED) is 0.649. The summed E-state index contributed by atoms with van der Waals surface area (Å²) in [6, 6.07) is 7.89. The van der Waals surface area contributed by atoms with Crippen molar-refractivity contribution in [2.45, 2.75) is 26.8 Å². The van der Waals surface area contributed by atoms with Gasteiger partial charge in [0.25, 0.3) is 5.91 Å². The number of imide groups is 1. The number of likely N-dealkylation sites (N-methyl/N-ethyl adjacent to an activating group) is 1. The van der Waals surface area contributed by atoms with Gasteiger partial charge in [-0.2, -0.15) is 0 Å². The SMILES string of the molecule is CCCNC(=O)NC(=O)C[NH+](CC)Cc1ccc(N(C)C)cc1. The van der Waals surface area contributed by atoms with Crippen molar-refractivity contribution in [3.05, 3.63) is 29.8 Å². The highest BCUT2D eigenvalue weighted by molar-refractivity contribution is 5.94. The number of quaternary nitrogens is 1. The van der Waals surface area contributed by atoms with Gasteiger partial charge in [-0.15, -0.1) is 0 Å². The number of carbonyl (C=O) groups excluding carboxylic acids is 2. The summed E-state index contributed by atoms with van der Waals surface area (Å²) in [6.45, 7) is 6.43. The third kappa shape index (κ3) is 7.15. The highest BCUT2D eigenvalue weighted by Gasteiger charge is 2.15. The molecule has 0 heterocycles. The van der Waals surface area contributed by atoms with E-state index in [2.05, 4.69) is 39.8 Å². The van der Waals surface area contributed by atoms with E-state index in [0.717, 1.165) is 30.1 Å². The molecule has 0 spiro atoms. The fraction of sp³-hybridized carbons (Fsp3) is 0.529. The lowest BCUT2D eigenvalue weighted by molar-refractivity contribution is -0.904. The van der Waals surface area contributed by atoms with Crippen LogP contribution in [0.1, 0.15) is 25.8 Å². The van der Waals surface area contributed by atoms with Gasteiger partial charge in [-0.1, -0.05) is 19.1 Å². The molecule has 0 bridgehead atoms. The van der Waals surface area contributed by atoms with E-state index in [9.17, 15) is 9.59 Å². The number of hydrogen-bond acceptors (Lipinski definition) is 3. The minimum Gasteiger partial charge on any atom is -0.378 e. The van der Waals surface area contributed by atoms with Gasteiger partial charge in [0, 0.05) is 31.9 Å². The zero-order valence-corrected chi connectivity index (χ0v) is 14.6. The second-order valence-corrected chi connectivity index (χ2v) is 5.82. The molecule has 0 saturated heterocycles. The van der Waals surface area contributed by atoms with Crippen molar-refractivity contribution in [2.75, 3.05) is 38.6 Å². The lowest BCUT2D eigenvalue weighted by Crippen LogP contribution is -3.11. The highest BCUT2D eigenvalue weighted by atomic mass is 16.2. The summed E-state index contributed by atoms with van der Waals surface area (Å²) in [5.74, 6) is -0.250. The van der Waals surface area contributed by atoms with Gasteiger partial charge in [0.05, 0.1) is 6.54 Å². The van der Waals surface area contributed by atoms with Gasteiger partial charge in [0.2, 0.25) is 0 Å². The van der Waals surface area contributed by atoms with E-state index in [1.807, 2.05) is 27.9 Å². The fourth-order valence-corrected chi connectivity index (χ4v) is 2.19. The maximum atomic E-state index is 11.9. The number of hydrogen-bond donors (Lipinski definition) is 3. The average Bonchev–Trinajstić information content (AvgIpc) is 2.52. The van der Waals surface area contributed by atoms with Crippen LogP contribution in [0.2, 0.25) is 0 Å². The summed E-state index contributed by atoms with van der Waals surface area (Å²) < 4.78 is 0. The van der Waals surface area contributed by atoms with Crippen molar-refractivity contribution in [2.24, 2.45) is 0 Å². The van der Waals surface area contributed by atoms with Crippen molar-refractivity contribution in [1.82, 2.24) is 10.6 Å². The second-order valence-electron chi connectivity index (χ2n) is 5.82. The molecular weight excluding hydrogens is 292 g/mol. The van der Waals surface area contributed by atoms with E-state index in [1.165, 1.54) is 5.56 Å². The number of anilines is 1. The van der Waals surface area contributed by atoms with Gasteiger partial charge < -0.3 is 15.1 Å². The molecule has 3 N–H and O–H groups in total. The second kappa shape index (κ2) is 9.84. The number of nitrogens with zero attached hydrogens (tertiary/aromatic N) is 1. The predicted octanol–water partition coefficient (Wildman–Crippen LogP) is 0.393. The zero-order valence-electron chi connectivity index (χ0n) is 14.6. The molecule has 0 aliphatic heterocycles. The number of rotatable bonds is 8. The number of benzene rings is 1. The van der Waals surface area contributed by atoms with Crippen LogP contribution >= 0.6 is 0 Å². The molecule has 128 valence electrons. The van der Waals surface area contributed by atoms with Gasteiger partial charge in [-0.25, -0.2) is 4.79 Å². The first-order valence-corrected chi connectivity index (χ1v) is 8.13. The van der Waals surface area contributed by atoms with Crippen molar-refractivity contribution in [3.63, 3.8) is 0 Å². The number of nitrogens with one attached hydrogen (secondary N) is 3. The molecule has 1 atom stereocenters. The van der Waals surface area contributed by atoms with E-state index < -0.39 is 6.03 Å². The van der Waals surface area contributed by atoms with Crippen molar-refractivity contribution < 1.29 is 14.5 Å². The number of amides is 3. The van der Waals surface area contributed by atoms with Gasteiger partial charge >= 0.3 is 6.03 Å². The zero-order chi connectivity index (χ0) is 17.2. The summed E-state index contributed by atoms with van der Waals surface area (Å²) in [7, 11) is 4.01. The molecule has 0 saturated carbocycles. The molecule has 0 radical (unpaired) electrons. The molecule has 3 amide bonds. The fourth-order valence-electron chi connectivity index (χ4n) is 2.19. The topological polar surface area (TPSA) is 65.9 Å². The molecule has 0 aliphatic rings. The normalized spacial score (nSPS) is 11.7. The van der Waals surface area contributed by atoms with Crippen LogP contribution in [0.4, 0.5) is 10.5 Å². The Kier molecular flexibility index (Phi) is 8.11. The third-order valence-electron chi connectivity index (χ3n) is 3.61. The molecular formula is C17H29N4O2+. The Morgan fingerprint density at radius 2 is 1.78 bits per heavy atom. The smallest absolute Gasteiger partial charge is 0.321 e. The molecule has 6 nitrogen and oxygen atoms in total. The van der Waals surface area contributed by atoms with Crippen LogP contribution in [0.15, 0.2) is 24.3 Å². The van der Waals surface area contributed by atoms with Gasteiger partial charge in [0.15, 0.2) is 6.54 Å². The number of carbonyl (C=O) groups is 2. The Hall–Kier alpha value is -2.08. The minimum absolute atomic E-state index is 0.250. The third-order valence-corrected chi connectivity index (χ3v) is 3.61. The first-order valence-electron chi connectivity index (χ1n) is 8.13. The Balaban J connectivity index is 2.50. The summed E-state index contributed by atoms with van der Waals surface area (Å²) >= 11 is 0. The minimum atomic E-state index is -0.414. The van der Waals surface area contributed by atoms with Crippen LogP contribution in [-0.2, 0) is 11.3 Å². The largest absolute Gasteiger partial charge is 0.378 e. The van der Waals surface area contributed by atoms with E-state index in [4.69, 9.17) is 0 Å². The molecule has 1 aromatic carbocycles. The maximum absolute atomic E-state index is 11.9. The van der Waals surface area contributed by atoms with Gasteiger partial charge in [-0.3, -0.25) is 10.1 Å². The van der Waals surface area contributed by atoms with Crippen molar-refractivity contribution >= 4 is 17.6 Å². The van der Waals surface area contributed by atoms with E-state index in [-0.39, 0.29) is 12.5 Å². The summed E-state index contributed by atoms with van der Waals surface area (Å²) in [5, 5.41) is 5.01. The first-order chi connectivity index (χ1) is 11.0. The Morgan fingerprint density at radius 1 is 1.13 bits per heavy atom. The molecule has 0 aromatic heterocycles. The molecule has 6 heteroatoms. The van der Waals surface area contributed by atoms with Crippen molar-refractivity contribution in [1.29, 1.82) is 0 Å². The van der Waals surface area contributed by atoms with Crippen LogP contribution in [0.5, 0.6) is 0 Å². The van der Waals surface area contributed by atoms with E-state index in [1.54, 1.807) is 0 Å². The molecule has 0 aliphatic carbocycles. The number of urea groups is 1. The Bertz CT molecular complexity index is 500. The Morgan fingerprint density at radius 3 is 2.30 bits per heavy atom. The maximum Gasteiger partial charge on any atom is 0.321 e. The lowest BCUT2D eigenvalue weighted by Gasteiger charge is -2.18. The monoisotopic (exact) mass is 321 g/mol. The first kappa shape index (κ1) is 19.0. The van der Waals surface area contributed by atoms with Crippen LogP contribution in [0.3, 0.4) is 0 Å². The molecule has 1 aromatic rings. The Labute approximate surface area is 138 Å². The lowest BCUT2D eigenvalue weighted by atomic mass is 10.2. The van der Waals surface area contributed by atoms with E-state index >= 15 is 0 Å². The van der Waals surface area contributed by atoms with Crippen LogP contribution < -0.4 is 20.4 Å². The van der Waals surface area contributed by atoms with E-state index in [0.29, 0.717) is 6.54 Å².